The molecule has 0 saturated heterocycles. The lowest BCUT2D eigenvalue weighted by Crippen LogP contribution is -2.18. The molecule has 0 atom stereocenters. The van der Waals surface area contributed by atoms with E-state index in [9.17, 15) is 0 Å². The first-order chi connectivity index (χ1) is 13.3. The number of aromatic nitrogens is 2. The van der Waals surface area contributed by atoms with Crippen LogP contribution in [0.25, 0.3) is 21.8 Å². The fourth-order valence-corrected chi connectivity index (χ4v) is 3.41. The summed E-state index contributed by atoms with van der Waals surface area (Å²) in [6.07, 6.45) is 4.72. The molecule has 0 aliphatic heterocycles. The van der Waals surface area contributed by atoms with Crippen LogP contribution in [0.1, 0.15) is 12.0 Å². The Morgan fingerprint density at radius 2 is 1.67 bits per heavy atom. The summed E-state index contributed by atoms with van der Waals surface area (Å²) in [4.78, 5) is 8.79. The van der Waals surface area contributed by atoms with E-state index in [0.29, 0.717) is 5.02 Å². The van der Waals surface area contributed by atoms with Crippen LogP contribution in [-0.4, -0.2) is 23.1 Å². The third kappa shape index (κ3) is 4.18. The second-order valence-electron chi connectivity index (χ2n) is 6.46. The number of hydrogen-bond donors (Lipinski definition) is 2. The number of halogens is 1. The predicted octanol–water partition coefficient (Wildman–Crippen LogP) is 5.03. The van der Waals surface area contributed by atoms with Gasteiger partial charge in [0.1, 0.15) is 0 Å². The zero-order chi connectivity index (χ0) is 18.5. The summed E-state index contributed by atoms with van der Waals surface area (Å²) in [6.45, 7) is 2.68. The van der Waals surface area contributed by atoms with Gasteiger partial charge < -0.3 is 10.6 Å². The molecule has 0 fully saturated rings. The Labute approximate surface area is 163 Å². The van der Waals surface area contributed by atoms with Gasteiger partial charge in [0.25, 0.3) is 0 Å². The predicted molar refractivity (Wildman–Crippen MR) is 113 cm³/mol. The summed E-state index contributed by atoms with van der Waals surface area (Å²) in [5.74, 6) is 0. The van der Waals surface area contributed by atoms with Crippen molar-refractivity contribution in [2.24, 2.45) is 0 Å². The van der Waals surface area contributed by atoms with Gasteiger partial charge in [0.15, 0.2) is 0 Å². The first kappa shape index (κ1) is 17.7. The molecule has 2 aromatic heterocycles. The lowest BCUT2D eigenvalue weighted by atomic mass is 10.1. The van der Waals surface area contributed by atoms with Gasteiger partial charge in [-0.3, -0.25) is 9.97 Å². The van der Waals surface area contributed by atoms with Crippen molar-refractivity contribution in [3.63, 3.8) is 0 Å². The summed E-state index contributed by atoms with van der Waals surface area (Å²) in [6, 6.07) is 18.2. The molecule has 0 bridgehead atoms. The maximum atomic E-state index is 6.05. The van der Waals surface area contributed by atoms with Gasteiger partial charge in [0.2, 0.25) is 0 Å². The number of anilines is 1. The van der Waals surface area contributed by atoms with Gasteiger partial charge in [-0.1, -0.05) is 29.8 Å². The largest absolute Gasteiger partial charge is 0.384 e. The van der Waals surface area contributed by atoms with Crippen molar-refractivity contribution in [3.05, 3.63) is 77.6 Å². The van der Waals surface area contributed by atoms with Gasteiger partial charge in [-0.25, -0.2) is 0 Å². The third-order valence-corrected chi connectivity index (χ3v) is 4.84. The van der Waals surface area contributed by atoms with Gasteiger partial charge in [0.05, 0.1) is 11.0 Å². The fraction of sp³-hybridized carbons (Fsp3) is 0.182. The van der Waals surface area contributed by atoms with Crippen LogP contribution >= 0.6 is 11.6 Å². The summed E-state index contributed by atoms with van der Waals surface area (Å²) in [5, 5.41) is 10.0. The second kappa shape index (κ2) is 8.33. The molecule has 27 heavy (non-hydrogen) atoms. The zero-order valence-electron chi connectivity index (χ0n) is 15.0. The molecule has 5 heteroatoms. The fourth-order valence-electron chi connectivity index (χ4n) is 3.24. The van der Waals surface area contributed by atoms with Crippen LogP contribution in [-0.2, 0) is 6.54 Å². The summed E-state index contributed by atoms with van der Waals surface area (Å²) < 4.78 is 0. The minimum atomic E-state index is 0.708. The smallest absolute Gasteiger partial charge is 0.0737 e. The lowest BCUT2D eigenvalue weighted by molar-refractivity contribution is 0.665. The van der Waals surface area contributed by atoms with E-state index in [4.69, 9.17) is 11.6 Å². The van der Waals surface area contributed by atoms with Crippen LogP contribution in [0, 0.1) is 0 Å². The van der Waals surface area contributed by atoms with Gasteiger partial charge >= 0.3 is 0 Å². The molecule has 0 aliphatic rings. The van der Waals surface area contributed by atoms with Crippen molar-refractivity contribution in [2.45, 2.75) is 13.0 Å². The molecule has 2 heterocycles. The van der Waals surface area contributed by atoms with Crippen LogP contribution < -0.4 is 10.6 Å². The number of rotatable bonds is 7. The number of fused-ring (bicyclic) bond motifs is 2. The molecule has 0 saturated carbocycles. The van der Waals surface area contributed by atoms with Crippen LogP contribution in [0.5, 0.6) is 0 Å². The monoisotopic (exact) mass is 376 g/mol. The van der Waals surface area contributed by atoms with Crippen LogP contribution in [0.3, 0.4) is 0 Å². The molecule has 0 amide bonds. The number of benzene rings is 2. The van der Waals surface area contributed by atoms with Crippen molar-refractivity contribution in [1.82, 2.24) is 15.3 Å². The number of nitrogens with zero attached hydrogens (tertiary/aromatic N) is 2. The molecule has 2 aromatic carbocycles. The molecular weight excluding hydrogens is 356 g/mol. The molecule has 0 radical (unpaired) electrons. The van der Waals surface area contributed by atoms with Crippen molar-refractivity contribution < 1.29 is 0 Å². The minimum Gasteiger partial charge on any atom is -0.384 e. The average molecular weight is 377 g/mol. The summed E-state index contributed by atoms with van der Waals surface area (Å²) >= 11 is 6.05. The minimum absolute atomic E-state index is 0.708. The van der Waals surface area contributed by atoms with Crippen LogP contribution in [0.15, 0.2) is 67.0 Å². The average Bonchev–Trinajstić information content (AvgIpc) is 2.70. The number of hydrogen-bond acceptors (Lipinski definition) is 4. The quantitative estimate of drug-likeness (QED) is 0.444. The van der Waals surface area contributed by atoms with E-state index >= 15 is 0 Å². The normalized spacial score (nSPS) is 11.1. The van der Waals surface area contributed by atoms with Gasteiger partial charge in [0, 0.05) is 47.0 Å². The van der Waals surface area contributed by atoms with Crippen molar-refractivity contribution in [1.29, 1.82) is 0 Å². The zero-order valence-corrected chi connectivity index (χ0v) is 15.7. The Hall–Kier alpha value is -2.69. The number of nitrogens with one attached hydrogen (secondary N) is 2. The highest BCUT2D eigenvalue weighted by atomic mass is 35.5. The third-order valence-electron chi connectivity index (χ3n) is 4.61. The molecule has 136 valence electrons. The lowest BCUT2D eigenvalue weighted by Gasteiger charge is -2.11. The number of pyridine rings is 2. The SMILES string of the molecule is Clc1ccc2c(NCCCNCc3ccnc4ccccc34)ccnc2c1. The Morgan fingerprint density at radius 1 is 0.815 bits per heavy atom. The van der Waals surface area contributed by atoms with E-state index < -0.39 is 0 Å². The first-order valence-corrected chi connectivity index (χ1v) is 9.50. The van der Waals surface area contributed by atoms with E-state index in [-0.39, 0.29) is 0 Å². The van der Waals surface area contributed by atoms with E-state index in [1.54, 1.807) is 0 Å². The highest BCUT2D eigenvalue weighted by Gasteiger charge is 2.03. The van der Waals surface area contributed by atoms with E-state index in [2.05, 4.69) is 44.9 Å². The molecule has 4 aromatic rings. The number of para-hydroxylation sites is 1. The Bertz CT molecular complexity index is 1060. The maximum Gasteiger partial charge on any atom is 0.0737 e. The summed E-state index contributed by atoms with van der Waals surface area (Å²) in [7, 11) is 0. The van der Waals surface area contributed by atoms with Crippen molar-refractivity contribution in [2.75, 3.05) is 18.4 Å². The molecule has 2 N–H and O–H groups in total. The van der Waals surface area contributed by atoms with Gasteiger partial charge in [-0.2, -0.15) is 0 Å². The van der Waals surface area contributed by atoms with E-state index in [0.717, 1.165) is 48.2 Å². The van der Waals surface area contributed by atoms with E-state index in [1.165, 1.54) is 10.9 Å². The maximum absolute atomic E-state index is 6.05. The van der Waals surface area contributed by atoms with Crippen molar-refractivity contribution >= 4 is 39.1 Å². The molecule has 0 aliphatic carbocycles. The van der Waals surface area contributed by atoms with Crippen LogP contribution in [0.4, 0.5) is 5.69 Å². The molecule has 4 rings (SSSR count). The highest BCUT2D eigenvalue weighted by molar-refractivity contribution is 6.31. The molecule has 0 spiro atoms. The van der Waals surface area contributed by atoms with Gasteiger partial charge in [-0.05, 0) is 54.9 Å². The first-order valence-electron chi connectivity index (χ1n) is 9.13. The Balaban J connectivity index is 1.29. The van der Waals surface area contributed by atoms with Crippen molar-refractivity contribution in [3.8, 4) is 0 Å². The highest BCUT2D eigenvalue weighted by Crippen LogP contribution is 2.24. The molecule has 0 unspecified atom stereocenters. The molecule has 4 nitrogen and oxygen atoms in total. The standard InChI is InChI=1S/C22H21ClN4/c23-17-6-7-19-21(9-13-27-22(19)14-17)25-11-3-10-24-15-16-8-12-26-20-5-2-1-4-18(16)20/h1-2,4-9,12-14,24H,3,10-11,15H2,(H,25,27). The molecular formula is C22H21ClN4. The summed E-state index contributed by atoms with van der Waals surface area (Å²) in [5.41, 5.74) is 4.33. The Morgan fingerprint density at radius 3 is 2.63 bits per heavy atom. The topological polar surface area (TPSA) is 49.8 Å². The second-order valence-corrected chi connectivity index (χ2v) is 6.90. The van der Waals surface area contributed by atoms with E-state index in [1.807, 2.05) is 42.7 Å². The van der Waals surface area contributed by atoms with Gasteiger partial charge in [-0.15, -0.1) is 0 Å². The Kier molecular flexibility index (Phi) is 5.47. The van der Waals surface area contributed by atoms with Crippen LogP contribution in [0.2, 0.25) is 5.02 Å².